The number of hydrogen-bond acceptors (Lipinski definition) is 3. The smallest absolute Gasteiger partial charge is 0.326 e. The molecule has 1 heterocycles. The molecule has 0 saturated carbocycles. The van der Waals surface area contributed by atoms with Crippen molar-refractivity contribution in [2.45, 2.75) is 51.8 Å². The number of rotatable bonds is 4. The van der Waals surface area contributed by atoms with Crippen LogP contribution in [0, 0.1) is 5.92 Å². The molecule has 0 aliphatic carbocycles. The summed E-state index contributed by atoms with van der Waals surface area (Å²) in [5, 5.41) is 21.3. The number of aliphatic carboxylic acids is 1. The van der Waals surface area contributed by atoms with E-state index in [1.807, 2.05) is 20.8 Å². The van der Waals surface area contributed by atoms with Crippen LogP contribution in [0.25, 0.3) is 0 Å². The third-order valence-electron chi connectivity index (χ3n) is 3.38. The second-order valence-electron chi connectivity index (χ2n) is 5.10. The molecule has 0 spiro atoms. The summed E-state index contributed by atoms with van der Waals surface area (Å²) in [6.07, 6.45) is 0.134. The largest absolute Gasteiger partial charge is 0.480 e. The molecule has 1 unspecified atom stereocenters. The summed E-state index contributed by atoms with van der Waals surface area (Å²) in [6.45, 7) is 6.06. The number of β-amino-alcohol motifs (C(OH)–C–C–N with tert-alkyl or cyclic N) is 1. The summed E-state index contributed by atoms with van der Waals surface area (Å²) >= 11 is 0. The minimum Gasteiger partial charge on any atom is -0.480 e. The number of nitrogens with one attached hydrogen (secondary N) is 1. The molecule has 0 aromatic rings. The van der Waals surface area contributed by atoms with Gasteiger partial charge >= 0.3 is 12.0 Å². The van der Waals surface area contributed by atoms with Crippen LogP contribution in [0.15, 0.2) is 0 Å². The number of likely N-dealkylation sites (tertiary alicyclic amines) is 1. The Bertz CT molecular complexity index is 319. The van der Waals surface area contributed by atoms with E-state index in [1.54, 1.807) is 0 Å². The minimum absolute atomic E-state index is 0.0182. The predicted octanol–water partition coefficient (Wildman–Crippen LogP) is 0.650. The van der Waals surface area contributed by atoms with Crippen molar-refractivity contribution in [3.8, 4) is 0 Å². The summed E-state index contributed by atoms with van der Waals surface area (Å²) in [6, 6.07) is -1.31. The molecule has 6 heteroatoms. The van der Waals surface area contributed by atoms with E-state index in [2.05, 4.69) is 5.32 Å². The lowest BCUT2D eigenvalue weighted by Gasteiger charge is -2.27. The Morgan fingerprint density at radius 1 is 1.44 bits per heavy atom. The number of carboxylic acids is 1. The number of carboxylic acid groups (broad SMARTS) is 1. The Morgan fingerprint density at radius 2 is 2.06 bits per heavy atom. The Morgan fingerprint density at radius 3 is 2.50 bits per heavy atom. The fraction of sp³-hybridized carbons (Fsp3) is 0.833. The van der Waals surface area contributed by atoms with Crippen molar-refractivity contribution in [1.29, 1.82) is 0 Å². The molecule has 1 aliphatic rings. The van der Waals surface area contributed by atoms with Gasteiger partial charge in [-0.05, 0) is 12.3 Å². The van der Waals surface area contributed by atoms with Crippen LogP contribution in [0.5, 0.6) is 0 Å². The van der Waals surface area contributed by atoms with E-state index in [0.717, 1.165) is 6.42 Å². The first kappa shape index (κ1) is 14.8. The second-order valence-corrected chi connectivity index (χ2v) is 5.10. The van der Waals surface area contributed by atoms with E-state index in [1.165, 1.54) is 4.90 Å². The third kappa shape index (κ3) is 3.35. The maximum absolute atomic E-state index is 12.0. The summed E-state index contributed by atoms with van der Waals surface area (Å²) in [5.41, 5.74) is 0. The van der Waals surface area contributed by atoms with Crippen molar-refractivity contribution in [1.82, 2.24) is 10.2 Å². The third-order valence-corrected chi connectivity index (χ3v) is 3.38. The van der Waals surface area contributed by atoms with Crippen LogP contribution in [-0.2, 0) is 4.79 Å². The number of aliphatic hydroxyl groups is 1. The molecule has 1 fully saturated rings. The van der Waals surface area contributed by atoms with Gasteiger partial charge in [-0.1, -0.05) is 20.8 Å². The average molecular weight is 258 g/mol. The zero-order valence-corrected chi connectivity index (χ0v) is 11.1. The molecule has 104 valence electrons. The van der Waals surface area contributed by atoms with E-state index < -0.39 is 24.1 Å². The standard InChI is InChI=1S/C12H22N2O4/c1-4-9(7(2)3)13-12(18)14-6-8(15)5-10(14)11(16)17/h7-10,15H,4-6H2,1-3H3,(H,13,18)(H,16,17)/t8-,9?,10-/m0/s1. The maximum atomic E-state index is 12.0. The van der Waals surface area contributed by atoms with E-state index in [9.17, 15) is 14.7 Å². The van der Waals surface area contributed by atoms with Gasteiger partial charge in [-0.25, -0.2) is 9.59 Å². The molecule has 6 nitrogen and oxygen atoms in total. The van der Waals surface area contributed by atoms with Gasteiger partial charge in [0.2, 0.25) is 0 Å². The van der Waals surface area contributed by atoms with Crippen LogP contribution in [0.1, 0.15) is 33.6 Å². The Labute approximate surface area is 107 Å². The molecule has 3 N–H and O–H groups in total. The molecular weight excluding hydrogens is 236 g/mol. The fourth-order valence-electron chi connectivity index (χ4n) is 2.25. The van der Waals surface area contributed by atoms with Gasteiger partial charge in [0.15, 0.2) is 0 Å². The number of carbonyl (C=O) groups is 2. The second kappa shape index (κ2) is 6.04. The van der Waals surface area contributed by atoms with Crippen molar-refractivity contribution in [2.75, 3.05) is 6.54 Å². The summed E-state index contributed by atoms with van der Waals surface area (Å²) in [5.74, 6) is -0.783. The van der Waals surface area contributed by atoms with Gasteiger partial charge in [0.1, 0.15) is 6.04 Å². The van der Waals surface area contributed by atoms with E-state index in [0.29, 0.717) is 0 Å². The normalized spacial score (nSPS) is 25.3. The van der Waals surface area contributed by atoms with Gasteiger partial charge in [0, 0.05) is 19.0 Å². The highest BCUT2D eigenvalue weighted by atomic mass is 16.4. The average Bonchev–Trinajstić information content (AvgIpc) is 2.67. The molecule has 0 radical (unpaired) electrons. The molecule has 2 amide bonds. The SMILES string of the molecule is CCC(NC(=O)N1C[C@@H](O)C[C@H]1C(=O)O)C(C)C. The van der Waals surface area contributed by atoms with Gasteiger partial charge < -0.3 is 20.4 Å². The van der Waals surface area contributed by atoms with Gasteiger partial charge in [0.25, 0.3) is 0 Å². The molecule has 0 aromatic carbocycles. The van der Waals surface area contributed by atoms with E-state index >= 15 is 0 Å². The lowest BCUT2D eigenvalue weighted by atomic mass is 10.0. The van der Waals surface area contributed by atoms with E-state index in [4.69, 9.17) is 5.11 Å². The maximum Gasteiger partial charge on any atom is 0.326 e. The van der Waals surface area contributed by atoms with Crippen LogP contribution < -0.4 is 5.32 Å². The molecule has 1 rings (SSSR count). The van der Waals surface area contributed by atoms with Crippen LogP contribution in [0.2, 0.25) is 0 Å². The predicted molar refractivity (Wildman–Crippen MR) is 66.2 cm³/mol. The van der Waals surface area contributed by atoms with Crippen molar-refractivity contribution < 1.29 is 19.8 Å². The number of carbonyl (C=O) groups excluding carboxylic acids is 1. The number of urea groups is 1. The van der Waals surface area contributed by atoms with Crippen LogP contribution >= 0.6 is 0 Å². The number of hydrogen-bond donors (Lipinski definition) is 3. The van der Waals surface area contributed by atoms with Crippen LogP contribution in [0.4, 0.5) is 4.79 Å². The number of nitrogens with zero attached hydrogens (tertiary/aromatic N) is 1. The molecule has 1 aliphatic heterocycles. The highest BCUT2D eigenvalue weighted by Crippen LogP contribution is 2.19. The Hall–Kier alpha value is -1.30. The molecule has 0 bridgehead atoms. The molecule has 3 atom stereocenters. The fourth-order valence-corrected chi connectivity index (χ4v) is 2.25. The first-order valence-electron chi connectivity index (χ1n) is 6.34. The topological polar surface area (TPSA) is 89.9 Å². The van der Waals surface area contributed by atoms with Gasteiger partial charge in [-0.2, -0.15) is 0 Å². The quantitative estimate of drug-likeness (QED) is 0.690. The minimum atomic E-state index is -1.07. The molecular formula is C12H22N2O4. The molecule has 1 saturated heterocycles. The lowest BCUT2D eigenvalue weighted by Crippen LogP contribution is -2.50. The van der Waals surface area contributed by atoms with Crippen molar-refractivity contribution in [2.24, 2.45) is 5.92 Å². The first-order chi connectivity index (χ1) is 8.36. The number of amides is 2. The van der Waals surface area contributed by atoms with Gasteiger partial charge in [-0.15, -0.1) is 0 Å². The van der Waals surface area contributed by atoms with Gasteiger partial charge in [-0.3, -0.25) is 0 Å². The lowest BCUT2D eigenvalue weighted by molar-refractivity contribution is -0.141. The van der Waals surface area contributed by atoms with E-state index in [-0.39, 0.29) is 24.9 Å². The molecule has 18 heavy (non-hydrogen) atoms. The molecule has 0 aromatic heterocycles. The zero-order valence-electron chi connectivity index (χ0n) is 11.1. The van der Waals surface area contributed by atoms with Gasteiger partial charge in [0.05, 0.1) is 6.10 Å². The monoisotopic (exact) mass is 258 g/mol. The summed E-state index contributed by atoms with van der Waals surface area (Å²) in [7, 11) is 0. The van der Waals surface area contributed by atoms with Crippen molar-refractivity contribution >= 4 is 12.0 Å². The van der Waals surface area contributed by atoms with Crippen molar-refractivity contribution in [3.05, 3.63) is 0 Å². The highest BCUT2D eigenvalue weighted by molar-refractivity contribution is 5.83. The Kier molecular flexibility index (Phi) is 4.95. The zero-order chi connectivity index (χ0) is 13.9. The van der Waals surface area contributed by atoms with Crippen LogP contribution in [0.3, 0.4) is 0 Å². The Balaban J connectivity index is 2.68. The van der Waals surface area contributed by atoms with Crippen molar-refractivity contribution in [3.63, 3.8) is 0 Å². The first-order valence-corrected chi connectivity index (χ1v) is 6.34. The summed E-state index contributed by atoms with van der Waals surface area (Å²) in [4.78, 5) is 24.2. The van der Waals surface area contributed by atoms with Crippen LogP contribution in [-0.4, -0.2) is 51.8 Å². The summed E-state index contributed by atoms with van der Waals surface area (Å²) < 4.78 is 0. The number of aliphatic hydroxyl groups excluding tert-OH is 1. The highest BCUT2D eigenvalue weighted by Gasteiger charge is 2.39.